The second-order valence-corrected chi connectivity index (χ2v) is 4.79. The highest BCUT2D eigenvalue weighted by atomic mass is 16.5. The largest absolute Gasteiger partial charge is 0.467 e. The van der Waals surface area contributed by atoms with Crippen molar-refractivity contribution in [2.75, 3.05) is 14.2 Å². The van der Waals surface area contributed by atoms with Crippen molar-refractivity contribution < 1.29 is 14.3 Å². The van der Waals surface area contributed by atoms with Gasteiger partial charge < -0.3 is 9.64 Å². The lowest BCUT2D eigenvalue weighted by Gasteiger charge is -2.29. The third kappa shape index (κ3) is 5.45. The number of carbonyl (C=O) groups excluding carboxylic acids is 2. The topological polar surface area (TPSA) is 46.6 Å². The summed E-state index contributed by atoms with van der Waals surface area (Å²) in [5.41, 5.74) is 0. The first-order valence-corrected chi connectivity index (χ1v) is 6.98. The van der Waals surface area contributed by atoms with Crippen LogP contribution in [0.2, 0.25) is 0 Å². The molecule has 0 saturated carbocycles. The van der Waals surface area contributed by atoms with Crippen LogP contribution in [0.3, 0.4) is 0 Å². The predicted molar refractivity (Wildman–Crippen MR) is 76.7 cm³/mol. The molecule has 19 heavy (non-hydrogen) atoms. The monoisotopic (exact) mass is 269 g/mol. The molecule has 0 spiro atoms. The van der Waals surface area contributed by atoms with Crippen LogP contribution in [0.4, 0.5) is 0 Å². The van der Waals surface area contributed by atoms with Crippen LogP contribution in [-0.4, -0.2) is 37.0 Å². The second-order valence-electron chi connectivity index (χ2n) is 4.79. The Morgan fingerprint density at radius 2 is 1.79 bits per heavy atom. The standard InChI is InChI=1S/C15H27NO3/c1-6-9-12(10-7-2)14(17)16(4)13(11-8-3)15(18)19-5/h8,12-13H,3,6-7,9-11H2,1-2,4-5H3/t13-/m0/s1. The zero-order chi connectivity index (χ0) is 14.8. The van der Waals surface area contributed by atoms with Gasteiger partial charge in [0.25, 0.3) is 0 Å². The third-order valence-corrected chi connectivity index (χ3v) is 3.30. The van der Waals surface area contributed by atoms with Crippen molar-refractivity contribution in [3.05, 3.63) is 12.7 Å². The predicted octanol–water partition coefficient (Wildman–Crippen LogP) is 2.78. The second kappa shape index (κ2) is 9.59. The molecule has 0 aromatic heterocycles. The number of hydrogen-bond acceptors (Lipinski definition) is 3. The molecule has 0 aliphatic heterocycles. The number of carbonyl (C=O) groups is 2. The summed E-state index contributed by atoms with van der Waals surface area (Å²) in [6.45, 7) is 7.76. The Labute approximate surface area is 116 Å². The van der Waals surface area contributed by atoms with Gasteiger partial charge in [-0.05, 0) is 19.3 Å². The van der Waals surface area contributed by atoms with E-state index in [1.165, 1.54) is 12.0 Å². The van der Waals surface area contributed by atoms with E-state index in [0.717, 1.165) is 25.7 Å². The van der Waals surface area contributed by atoms with Gasteiger partial charge in [-0.3, -0.25) is 4.79 Å². The van der Waals surface area contributed by atoms with E-state index in [2.05, 4.69) is 20.4 Å². The molecule has 110 valence electrons. The van der Waals surface area contributed by atoms with Crippen molar-refractivity contribution in [1.29, 1.82) is 0 Å². The highest BCUT2D eigenvalue weighted by molar-refractivity contribution is 5.85. The summed E-state index contributed by atoms with van der Waals surface area (Å²) in [6, 6.07) is -0.564. The first kappa shape index (κ1) is 17.7. The maximum atomic E-state index is 12.4. The summed E-state index contributed by atoms with van der Waals surface area (Å²) in [4.78, 5) is 25.7. The minimum absolute atomic E-state index is 0.00280. The van der Waals surface area contributed by atoms with Gasteiger partial charge in [0.15, 0.2) is 0 Å². The van der Waals surface area contributed by atoms with Crippen molar-refractivity contribution in [3.63, 3.8) is 0 Å². The van der Waals surface area contributed by atoms with Gasteiger partial charge >= 0.3 is 5.97 Å². The fourth-order valence-corrected chi connectivity index (χ4v) is 2.24. The van der Waals surface area contributed by atoms with Gasteiger partial charge in [-0.1, -0.05) is 32.8 Å². The first-order valence-electron chi connectivity index (χ1n) is 6.98. The van der Waals surface area contributed by atoms with Crippen LogP contribution in [-0.2, 0) is 14.3 Å². The lowest BCUT2D eigenvalue weighted by atomic mass is 9.96. The number of ether oxygens (including phenoxy) is 1. The molecule has 0 bridgehead atoms. The smallest absolute Gasteiger partial charge is 0.328 e. The van der Waals surface area contributed by atoms with Gasteiger partial charge in [0.2, 0.25) is 5.91 Å². The molecule has 0 rings (SSSR count). The molecule has 1 amide bonds. The van der Waals surface area contributed by atoms with E-state index < -0.39 is 6.04 Å². The molecule has 0 aliphatic rings. The molecule has 0 unspecified atom stereocenters. The van der Waals surface area contributed by atoms with Crippen LogP contribution >= 0.6 is 0 Å². The minimum Gasteiger partial charge on any atom is -0.467 e. The molecule has 0 aliphatic carbocycles. The molecule has 4 nitrogen and oxygen atoms in total. The van der Waals surface area contributed by atoms with Crippen LogP contribution < -0.4 is 0 Å². The van der Waals surface area contributed by atoms with E-state index in [-0.39, 0.29) is 17.8 Å². The molecule has 0 aromatic carbocycles. The van der Waals surface area contributed by atoms with Crippen LogP contribution in [0, 0.1) is 5.92 Å². The van der Waals surface area contributed by atoms with Crippen LogP contribution in [0.25, 0.3) is 0 Å². The molecule has 0 aromatic rings. The van der Waals surface area contributed by atoms with Crippen molar-refractivity contribution in [2.45, 2.75) is 52.0 Å². The summed E-state index contributed by atoms with van der Waals surface area (Å²) in [5, 5.41) is 0. The molecule has 0 heterocycles. The molecule has 0 saturated heterocycles. The average Bonchev–Trinajstić information content (AvgIpc) is 2.42. The van der Waals surface area contributed by atoms with E-state index in [0.29, 0.717) is 6.42 Å². The van der Waals surface area contributed by atoms with Gasteiger partial charge in [-0.15, -0.1) is 6.58 Å². The maximum absolute atomic E-state index is 12.4. The molecule has 0 fully saturated rings. The summed E-state index contributed by atoms with van der Waals surface area (Å²) < 4.78 is 4.76. The fraction of sp³-hybridized carbons (Fsp3) is 0.733. The summed E-state index contributed by atoms with van der Waals surface area (Å²) in [7, 11) is 3.01. The van der Waals surface area contributed by atoms with Crippen molar-refractivity contribution >= 4 is 11.9 Å². The van der Waals surface area contributed by atoms with E-state index in [9.17, 15) is 9.59 Å². The Bertz CT molecular complexity index is 296. The Kier molecular flexibility index (Phi) is 8.92. The first-order chi connectivity index (χ1) is 9.03. The number of esters is 1. The lowest BCUT2D eigenvalue weighted by molar-refractivity contribution is -0.153. The SMILES string of the molecule is C=CC[C@@H](C(=O)OC)N(C)C(=O)C(CCC)CCC. The number of amides is 1. The van der Waals surface area contributed by atoms with E-state index in [1.807, 2.05) is 0 Å². The van der Waals surface area contributed by atoms with Crippen molar-refractivity contribution in [3.8, 4) is 0 Å². The lowest BCUT2D eigenvalue weighted by Crippen LogP contribution is -2.45. The van der Waals surface area contributed by atoms with Crippen molar-refractivity contribution in [2.24, 2.45) is 5.92 Å². The van der Waals surface area contributed by atoms with Crippen LogP contribution in [0.1, 0.15) is 46.0 Å². The number of methoxy groups -OCH3 is 1. The van der Waals surface area contributed by atoms with Gasteiger partial charge in [0, 0.05) is 13.0 Å². The van der Waals surface area contributed by atoms with Crippen LogP contribution in [0.15, 0.2) is 12.7 Å². The van der Waals surface area contributed by atoms with E-state index in [4.69, 9.17) is 4.74 Å². The molecular weight excluding hydrogens is 242 g/mol. The van der Waals surface area contributed by atoms with Gasteiger partial charge in [-0.2, -0.15) is 0 Å². The molecule has 4 heteroatoms. The number of likely N-dealkylation sites (N-methyl/N-ethyl adjacent to an activating group) is 1. The third-order valence-electron chi connectivity index (χ3n) is 3.30. The maximum Gasteiger partial charge on any atom is 0.328 e. The van der Waals surface area contributed by atoms with Gasteiger partial charge in [0.05, 0.1) is 7.11 Å². The number of rotatable bonds is 9. The van der Waals surface area contributed by atoms with E-state index in [1.54, 1.807) is 13.1 Å². The number of nitrogens with zero attached hydrogens (tertiary/aromatic N) is 1. The zero-order valence-corrected chi connectivity index (χ0v) is 12.6. The zero-order valence-electron chi connectivity index (χ0n) is 12.6. The Morgan fingerprint density at radius 1 is 1.26 bits per heavy atom. The summed E-state index contributed by atoms with van der Waals surface area (Å²) in [6.07, 6.45) is 5.71. The Hall–Kier alpha value is -1.32. The molecule has 1 atom stereocenters. The van der Waals surface area contributed by atoms with Crippen LogP contribution in [0.5, 0.6) is 0 Å². The van der Waals surface area contributed by atoms with Crippen molar-refractivity contribution in [1.82, 2.24) is 4.90 Å². The molecule has 0 N–H and O–H groups in total. The van der Waals surface area contributed by atoms with Gasteiger partial charge in [0.1, 0.15) is 6.04 Å². The summed E-state index contributed by atoms with van der Waals surface area (Å²) >= 11 is 0. The fourth-order valence-electron chi connectivity index (χ4n) is 2.24. The molecule has 0 radical (unpaired) electrons. The highest BCUT2D eigenvalue weighted by Crippen LogP contribution is 2.18. The number of hydrogen-bond donors (Lipinski definition) is 0. The summed E-state index contributed by atoms with van der Waals surface area (Å²) in [5.74, 6) is -0.361. The Balaban J connectivity index is 4.88. The van der Waals surface area contributed by atoms with E-state index >= 15 is 0 Å². The minimum atomic E-state index is -0.564. The van der Waals surface area contributed by atoms with Gasteiger partial charge in [-0.25, -0.2) is 4.79 Å². The quantitative estimate of drug-likeness (QED) is 0.477. The average molecular weight is 269 g/mol. The molecular formula is C15H27NO3. The highest BCUT2D eigenvalue weighted by Gasteiger charge is 2.30. The Morgan fingerprint density at radius 3 is 2.16 bits per heavy atom. The normalized spacial score (nSPS) is 12.1.